The number of hydrogen-bond donors (Lipinski definition) is 0. The largest absolute Gasteiger partial charge is 0.489 e. The average molecular weight is 431 g/mol. The van der Waals surface area contributed by atoms with Crippen molar-refractivity contribution >= 4 is 5.97 Å². The summed E-state index contributed by atoms with van der Waals surface area (Å²) in [6.45, 7) is 2.31. The Kier molecular flexibility index (Phi) is 6.60. The van der Waals surface area contributed by atoms with Gasteiger partial charge in [-0.3, -0.25) is 4.79 Å². The summed E-state index contributed by atoms with van der Waals surface area (Å²) in [5.74, 6) is 0.483. The van der Waals surface area contributed by atoms with Crippen molar-refractivity contribution in [1.82, 2.24) is 4.98 Å². The van der Waals surface area contributed by atoms with Crippen LogP contribution in [0, 0.1) is 5.82 Å². The molecule has 0 aliphatic rings. The quantitative estimate of drug-likeness (QED) is 0.301. The van der Waals surface area contributed by atoms with E-state index in [4.69, 9.17) is 13.9 Å². The molecule has 0 atom stereocenters. The van der Waals surface area contributed by atoms with Gasteiger partial charge in [0.25, 0.3) is 5.88 Å². The second-order valence-electron chi connectivity index (χ2n) is 7.19. The van der Waals surface area contributed by atoms with E-state index in [-0.39, 0.29) is 24.0 Å². The van der Waals surface area contributed by atoms with E-state index in [1.54, 1.807) is 18.2 Å². The van der Waals surface area contributed by atoms with E-state index in [0.717, 1.165) is 5.56 Å². The van der Waals surface area contributed by atoms with Crippen LogP contribution in [0.25, 0.3) is 22.8 Å². The second kappa shape index (κ2) is 9.92. The minimum atomic E-state index is -0.399. The van der Waals surface area contributed by atoms with Crippen LogP contribution in [-0.2, 0) is 11.4 Å². The number of oxazole rings is 1. The van der Waals surface area contributed by atoms with E-state index in [2.05, 4.69) is 4.98 Å². The molecule has 162 valence electrons. The summed E-state index contributed by atoms with van der Waals surface area (Å²) in [6.07, 6.45) is 0.915. The van der Waals surface area contributed by atoms with E-state index in [1.807, 2.05) is 55.5 Å². The van der Waals surface area contributed by atoms with Crippen LogP contribution in [-0.4, -0.2) is 11.0 Å². The van der Waals surface area contributed by atoms with Gasteiger partial charge in [-0.05, 0) is 48.4 Å². The SMILES string of the molecule is CCCC(=O)Oc1nc(-c2ccc(F)cc2)oc1-c1cccc(OCc2ccccc2)c1. The Morgan fingerprint density at radius 3 is 2.50 bits per heavy atom. The lowest BCUT2D eigenvalue weighted by atomic mass is 10.1. The molecule has 3 aromatic carbocycles. The Morgan fingerprint density at radius 2 is 1.75 bits per heavy atom. The molecular weight excluding hydrogens is 409 g/mol. The summed E-state index contributed by atoms with van der Waals surface area (Å²) >= 11 is 0. The summed E-state index contributed by atoms with van der Waals surface area (Å²) in [7, 11) is 0. The third-order valence-electron chi connectivity index (χ3n) is 4.70. The van der Waals surface area contributed by atoms with Crippen LogP contribution in [0.2, 0.25) is 0 Å². The van der Waals surface area contributed by atoms with E-state index in [0.29, 0.717) is 35.7 Å². The van der Waals surface area contributed by atoms with E-state index in [9.17, 15) is 9.18 Å². The standard InChI is InChI=1S/C26H22FNO4/c1-2-7-23(29)31-26-24(32-25(28-26)19-12-14-21(27)15-13-19)20-10-6-11-22(16-20)30-17-18-8-4-3-5-9-18/h3-6,8-16H,2,7,17H2,1H3. The molecule has 0 saturated carbocycles. The molecular formula is C26H22FNO4. The van der Waals surface area contributed by atoms with Gasteiger partial charge in [0.1, 0.15) is 18.2 Å². The maximum absolute atomic E-state index is 13.3. The predicted molar refractivity (Wildman–Crippen MR) is 119 cm³/mol. The molecule has 0 spiro atoms. The fourth-order valence-electron chi connectivity index (χ4n) is 3.10. The molecule has 32 heavy (non-hydrogen) atoms. The third kappa shape index (κ3) is 5.21. The van der Waals surface area contributed by atoms with Crippen LogP contribution in [0.5, 0.6) is 11.6 Å². The van der Waals surface area contributed by atoms with Crippen LogP contribution >= 0.6 is 0 Å². The molecule has 0 N–H and O–H groups in total. The van der Waals surface area contributed by atoms with Crippen LogP contribution in [0.4, 0.5) is 4.39 Å². The summed E-state index contributed by atoms with van der Waals surface area (Å²) in [5, 5.41) is 0. The van der Waals surface area contributed by atoms with Crippen molar-refractivity contribution in [3.05, 3.63) is 90.2 Å². The number of carbonyl (C=O) groups is 1. The van der Waals surface area contributed by atoms with Gasteiger partial charge in [0, 0.05) is 17.5 Å². The topological polar surface area (TPSA) is 61.6 Å². The van der Waals surface area contributed by atoms with Crippen LogP contribution in [0.3, 0.4) is 0 Å². The molecule has 1 aromatic heterocycles. The Labute approximate surface area is 185 Å². The predicted octanol–water partition coefficient (Wildman–Crippen LogP) is 6.43. The third-order valence-corrected chi connectivity index (χ3v) is 4.70. The number of hydrogen-bond acceptors (Lipinski definition) is 5. The fourth-order valence-corrected chi connectivity index (χ4v) is 3.10. The number of rotatable bonds is 8. The molecule has 0 fully saturated rings. The monoisotopic (exact) mass is 431 g/mol. The summed E-state index contributed by atoms with van der Waals surface area (Å²) in [4.78, 5) is 16.5. The molecule has 4 aromatic rings. The van der Waals surface area contributed by atoms with Gasteiger partial charge < -0.3 is 13.9 Å². The van der Waals surface area contributed by atoms with Gasteiger partial charge in [-0.1, -0.05) is 49.4 Å². The molecule has 4 rings (SSSR count). The summed E-state index contributed by atoms with van der Waals surface area (Å²) in [6, 6.07) is 22.9. The highest BCUT2D eigenvalue weighted by molar-refractivity contribution is 5.76. The van der Waals surface area contributed by atoms with Gasteiger partial charge in [0.2, 0.25) is 5.89 Å². The van der Waals surface area contributed by atoms with Gasteiger partial charge in [0.15, 0.2) is 5.76 Å². The number of aromatic nitrogens is 1. The van der Waals surface area contributed by atoms with Gasteiger partial charge in [0.05, 0.1) is 0 Å². The van der Waals surface area contributed by atoms with Crippen molar-refractivity contribution in [2.45, 2.75) is 26.4 Å². The lowest BCUT2D eigenvalue weighted by molar-refractivity contribution is -0.134. The highest BCUT2D eigenvalue weighted by atomic mass is 19.1. The van der Waals surface area contributed by atoms with Crippen molar-refractivity contribution < 1.29 is 23.1 Å². The Hall–Kier alpha value is -3.93. The highest BCUT2D eigenvalue weighted by Crippen LogP contribution is 2.36. The first-order valence-corrected chi connectivity index (χ1v) is 10.4. The van der Waals surface area contributed by atoms with E-state index < -0.39 is 5.97 Å². The van der Waals surface area contributed by atoms with Crippen LogP contribution in [0.1, 0.15) is 25.3 Å². The van der Waals surface area contributed by atoms with E-state index >= 15 is 0 Å². The molecule has 1 heterocycles. The number of halogens is 1. The molecule has 0 radical (unpaired) electrons. The van der Waals surface area contributed by atoms with Gasteiger partial charge in [-0.2, -0.15) is 4.98 Å². The van der Waals surface area contributed by atoms with Crippen molar-refractivity contribution in [3.8, 4) is 34.4 Å². The number of esters is 1. The highest BCUT2D eigenvalue weighted by Gasteiger charge is 2.21. The van der Waals surface area contributed by atoms with Crippen molar-refractivity contribution in [3.63, 3.8) is 0 Å². The first kappa shape index (κ1) is 21.3. The molecule has 5 nitrogen and oxygen atoms in total. The molecule has 0 saturated heterocycles. The minimum absolute atomic E-state index is 0.0722. The van der Waals surface area contributed by atoms with Crippen LogP contribution < -0.4 is 9.47 Å². The van der Waals surface area contributed by atoms with Gasteiger partial charge >= 0.3 is 5.97 Å². The number of nitrogens with zero attached hydrogens (tertiary/aromatic N) is 1. The van der Waals surface area contributed by atoms with E-state index in [1.165, 1.54) is 12.1 Å². The Morgan fingerprint density at radius 1 is 0.969 bits per heavy atom. The van der Waals surface area contributed by atoms with Crippen LogP contribution in [0.15, 0.2) is 83.3 Å². The number of carbonyl (C=O) groups excluding carboxylic acids is 1. The summed E-state index contributed by atoms with van der Waals surface area (Å²) in [5.41, 5.74) is 2.27. The lowest BCUT2D eigenvalue weighted by Crippen LogP contribution is -2.07. The Balaban J connectivity index is 1.64. The number of benzene rings is 3. The zero-order valence-electron chi connectivity index (χ0n) is 17.6. The van der Waals surface area contributed by atoms with Gasteiger partial charge in [-0.25, -0.2) is 4.39 Å². The zero-order valence-corrected chi connectivity index (χ0v) is 17.6. The first-order chi connectivity index (χ1) is 15.6. The molecule has 0 unspecified atom stereocenters. The van der Waals surface area contributed by atoms with Crippen molar-refractivity contribution in [2.24, 2.45) is 0 Å². The minimum Gasteiger partial charge on any atom is -0.489 e. The Bertz CT molecular complexity index is 1190. The molecule has 0 aliphatic carbocycles. The maximum atomic E-state index is 13.3. The second-order valence-corrected chi connectivity index (χ2v) is 7.19. The average Bonchev–Trinajstić information content (AvgIpc) is 3.23. The smallest absolute Gasteiger partial charge is 0.312 e. The van der Waals surface area contributed by atoms with Crippen molar-refractivity contribution in [2.75, 3.05) is 0 Å². The first-order valence-electron chi connectivity index (χ1n) is 10.4. The summed E-state index contributed by atoms with van der Waals surface area (Å²) < 4.78 is 30.7. The molecule has 6 heteroatoms. The molecule has 0 amide bonds. The normalized spacial score (nSPS) is 10.7. The zero-order chi connectivity index (χ0) is 22.3. The number of ether oxygens (including phenoxy) is 2. The fraction of sp³-hybridized carbons (Fsp3) is 0.154. The van der Waals surface area contributed by atoms with Crippen molar-refractivity contribution in [1.29, 1.82) is 0 Å². The maximum Gasteiger partial charge on any atom is 0.312 e. The lowest BCUT2D eigenvalue weighted by Gasteiger charge is -2.08. The van der Waals surface area contributed by atoms with Gasteiger partial charge in [-0.15, -0.1) is 0 Å². The molecule has 0 aliphatic heterocycles. The molecule has 0 bridgehead atoms.